The number of guanidine groups is 1. The fourth-order valence-electron chi connectivity index (χ4n) is 3.95. The first kappa shape index (κ1) is 20.4. The zero-order chi connectivity index (χ0) is 20.8. The van der Waals surface area contributed by atoms with Crippen LogP contribution in [0.1, 0.15) is 24.8 Å². The maximum Gasteiger partial charge on any atom is 0.243 e. The summed E-state index contributed by atoms with van der Waals surface area (Å²) in [7, 11) is -1.01. The van der Waals surface area contributed by atoms with Crippen molar-refractivity contribution < 1.29 is 27.0 Å². The van der Waals surface area contributed by atoms with Crippen molar-refractivity contribution in [2.24, 2.45) is 16.6 Å². The third-order valence-corrected chi connectivity index (χ3v) is 8.12. The average molecular weight is 427 g/mol. The number of aliphatic imine (C=N–C) groups is 1. The summed E-state index contributed by atoms with van der Waals surface area (Å²) < 4.78 is 59.2. The molecule has 0 aromatic heterocycles. The fourth-order valence-corrected chi connectivity index (χ4v) is 5.83. The van der Waals surface area contributed by atoms with Crippen LogP contribution in [0.25, 0.3) is 0 Å². The zero-order valence-electron chi connectivity index (χ0n) is 16.5. The number of rotatable bonds is 6. The Labute approximate surface area is 169 Å². The van der Waals surface area contributed by atoms with Crippen molar-refractivity contribution in [2.45, 2.75) is 36.2 Å². The second kappa shape index (κ2) is 7.41. The number of hydrogen-bond acceptors (Lipinski definition) is 7. The highest BCUT2D eigenvalue weighted by molar-refractivity contribution is 7.90. The second-order valence-corrected chi connectivity index (χ2v) is 10.1. The topological polar surface area (TPSA) is 103 Å². The number of sulfonamides is 1. The molecule has 3 aliphatic rings. The van der Waals surface area contributed by atoms with E-state index in [1.807, 2.05) is 0 Å². The minimum absolute atomic E-state index is 0.115. The van der Waals surface area contributed by atoms with Crippen LogP contribution >= 0.6 is 0 Å². The highest BCUT2D eigenvalue weighted by Gasteiger charge is 2.57. The Morgan fingerprint density at radius 2 is 2.14 bits per heavy atom. The van der Waals surface area contributed by atoms with E-state index in [1.165, 1.54) is 26.3 Å². The molecule has 4 rings (SSSR count). The maximum absolute atomic E-state index is 15.0. The molecule has 2 fully saturated rings. The van der Waals surface area contributed by atoms with Crippen LogP contribution in [-0.4, -0.2) is 64.0 Å². The third-order valence-electron chi connectivity index (χ3n) is 5.87. The first-order chi connectivity index (χ1) is 13.8. The van der Waals surface area contributed by atoms with Gasteiger partial charge in [-0.15, -0.1) is 0 Å². The summed E-state index contributed by atoms with van der Waals surface area (Å²) in [5.74, 6) is 0.239. The van der Waals surface area contributed by atoms with Crippen LogP contribution in [-0.2, 0) is 25.0 Å². The Kier molecular flexibility index (Phi) is 5.20. The van der Waals surface area contributed by atoms with Crippen LogP contribution < -0.4 is 10.5 Å². The van der Waals surface area contributed by atoms with E-state index in [9.17, 15) is 12.8 Å². The van der Waals surface area contributed by atoms with Gasteiger partial charge in [0.1, 0.15) is 22.4 Å². The molecular formula is C19H26FN3O5S. The van der Waals surface area contributed by atoms with E-state index in [-0.39, 0.29) is 31.2 Å². The number of nitrogens with two attached hydrogens (primary N) is 1. The summed E-state index contributed by atoms with van der Waals surface area (Å²) in [5.41, 5.74) is 4.57. The fraction of sp³-hybridized carbons (Fsp3) is 0.632. The molecule has 2 aliphatic heterocycles. The molecule has 160 valence electrons. The van der Waals surface area contributed by atoms with Gasteiger partial charge >= 0.3 is 0 Å². The summed E-state index contributed by atoms with van der Waals surface area (Å²) in [6, 6.07) is 4.35. The molecule has 1 aromatic rings. The van der Waals surface area contributed by atoms with Crippen molar-refractivity contribution in [3.63, 3.8) is 0 Å². The number of fused-ring (bicyclic) bond motifs is 1. The third kappa shape index (κ3) is 3.57. The molecule has 0 radical (unpaired) electrons. The van der Waals surface area contributed by atoms with E-state index in [1.54, 1.807) is 6.07 Å². The second-order valence-electron chi connectivity index (χ2n) is 7.92. The molecule has 3 atom stereocenters. The van der Waals surface area contributed by atoms with Crippen LogP contribution in [0.4, 0.5) is 4.39 Å². The summed E-state index contributed by atoms with van der Waals surface area (Å²) in [4.78, 5) is 4.47. The van der Waals surface area contributed by atoms with Crippen molar-refractivity contribution in [1.82, 2.24) is 4.31 Å². The molecular weight excluding hydrogens is 401 g/mol. The van der Waals surface area contributed by atoms with Gasteiger partial charge in [0.15, 0.2) is 0 Å². The van der Waals surface area contributed by atoms with Crippen LogP contribution in [0, 0.1) is 11.7 Å². The summed E-state index contributed by atoms with van der Waals surface area (Å²) in [5, 5.41) is -1.03. The molecule has 1 saturated carbocycles. The largest absolute Gasteiger partial charge is 0.493 e. The van der Waals surface area contributed by atoms with E-state index in [4.69, 9.17) is 19.9 Å². The maximum atomic E-state index is 15.0. The first-order valence-electron chi connectivity index (χ1n) is 9.64. The van der Waals surface area contributed by atoms with Crippen molar-refractivity contribution in [3.8, 4) is 5.75 Å². The van der Waals surface area contributed by atoms with Gasteiger partial charge in [0.05, 0.1) is 25.9 Å². The minimum Gasteiger partial charge on any atom is -0.493 e. The van der Waals surface area contributed by atoms with Gasteiger partial charge in [-0.05, 0) is 43.4 Å². The van der Waals surface area contributed by atoms with E-state index < -0.39 is 32.7 Å². The van der Waals surface area contributed by atoms with Crippen molar-refractivity contribution in [3.05, 3.63) is 29.6 Å². The van der Waals surface area contributed by atoms with Gasteiger partial charge in [0, 0.05) is 19.7 Å². The molecule has 0 bridgehead atoms. The lowest BCUT2D eigenvalue weighted by atomic mass is 9.82. The summed E-state index contributed by atoms with van der Waals surface area (Å²) in [6.45, 7) is 0.668. The molecule has 0 unspecified atom stereocenters. The number of benzene rings is 1. The van der Waals surface area contributed by atoms with Gasteiger partial charge in [-0.1, -0.05) is 0 Å². The molecule has 2 heterocycles. The van der Waals surface area contributed by atoms with E-state index >= 15 is 0 Å². The van der Waals surface area contributed by atoms with Gasteiger partial charge in [-0.2, -0.15) is 0 Å². The van der Waals surface area contributed by atoms with E-state index in [0.29, 0.717) is 18.3 Å². The number of hydrogen-bond donors (Lipinski definition) is 1. The van der Waals surface area contributed by atoms with Crippen molar-refractivity contribution in [1.29, 1.82) is 0 Å². The lowest BCUT2D eigenvalue weighted by Gasteiger charge is -2.47. The Balaban J connectivity index is 1.79. The Morgan fingerprint density at radius 1 is 1.38 bits per heavy atom. The highest BCUT2D eigenvalue weighted by Crippen LogP contribution is 2.45. The first-order valence-corrected chi connectivity index (χ1v) is 11.1. The monoisotopic (exact) mass is 427 g/mol. The molecule has 0 amide bonds. The Morgan fingerprint density at radius 3 is 2.83 bits per heavy atom. The highest BCUT2D eigenvalue weighted by atomic mass is 32.2. The molecule has 1 saturated heterocycles. The number of ether oxygens (including phenoxy) is 3. The lowest BCUT2D eigenvalue weighted by Crippen LogP contribution is -2.62. The molecule has 29 heavy (non-hydrogen) atoms. The van der Waals surface area contributed by atoms with Gasteiger partial charge in [0.25, 0.3) is 0 Å². The quantitative estimate of drug-likeness (QED) is 0.732. The van der Waals surface area contributed by atoms with E-state index in [0.717, 1.165) is 17.1 Å². The van der Waals surface area contributed by atoms with Gasteiger partial charge < -0.3 is 19.9 Å². The molecule has 1 aromatic carbocycles. The summed E-state index contributed by atoms with van der Waals surface area (Å²) >= 11 is 0. The minimum atomic E-state index is -3.88. The smallest absolute Gasteiger partial charge is 0.243 e. The molecule has 0 spiro atoms. The van der Waals surface area contributed by atoms with Crippen molar-refractivity contribution in [2.75, 3.05) is 34.0 Å². The standard InChI is InChI=1S/C19H26FN3O5S/c1-23-18(21)22-19(11-28-14(10-26-2)8-17(19)29(23,24)25)15-7-13(5-6-16(15)20)27-9-12-3-4-12/h5-7,12,14,17H,3-4,8-11H2,1-2H3,(H2,21,22)/t14-,17-,19-/m1/s1. The Hall–Kier alpha value is -1.91. The molecule has 10 heteroatoms. The van der Waals surface area contributed by atoms with Gasteiger partial charge in [-0.3, -0.25) is 0 Å². The lowest BCUT2D eigenvalue weighted by molar-refractivity contribution is -0.0611. The van der Waals surface area contributed by atoms with Crippen LogP contribution in [0.5, 0.6) is 5.75 Å². The number of nitrogens with zero attached hydrogens (tertiary/aromatic N) is 2. The van der Waals surface area contributed by atoms with E-state index in [2.05, 4.69) is 4.99 Å². The predicted molar refractivity (Wildman–Crippen MR) is 105 cm³/mol. The van der Waals surface area contributed by atoms with Gasteiger partial charge in [0.2, 0.25) is 16.0 Å². The zero-order valence-corrected chi connectivity index (χ0v) is 17.3. The number of methoxy groups -OCH3 is 1. The molecule has 2 N–H and O–H groups in total. The normalized spacial score (nSPS) is 31.1. The molecule has 8 nitrogen and oxygen atoms in total. The van der Waals surface area contributed by atoms with Gasteiger partial charge in [-0.25, -0.2) is 22.1 Å². The predicted octanol–water partition coefficient (Wildman–Crippen LogP) is 1.20. The summed E-state index contributed by atoms with van der Waals surface area (Å²) in [6.07, 6.45) is 1.93. The SMILES string of the molecule is COC[C@H]1C[C@@H]2[C@](c3cc(OCC4CC4)ccc3F)(CO1)N=C(N)N(C)S2(=O)=O. The van der Waals surface area contributed by atoms with Crippen molar-refractivity contribution >= 4 is 16.0 Å². The van der Waals surface area contributed by atoms with Crippen LogP contribution in [0.3, 0.4) is 0 Å². The number of halogens is 1. The van der Waals surface area contributed by atoms with Crippen LogP contribution in [0.2, 0.25) is 0 Å². The van der Waals surface area contributed by atoms with Crippen LogP contribution in [0.15, 0.2) is 23.2 Å². The average Bonchev–Trinajstić information content (AvgIpc) is 3.51. The molecule has 1 aliphatic carbocycles. The Bertz CT molecular complexity index is 920.